The van der Waals surface area contributed by atoms with Crippen LogP contribution >= 0.6 is 15.9 Å². The molecule has 0 fully saturated rings. The number of aromatic nitrogens is 2. The number of benzene rings is 1. The number of hydrogen-bond acceptors (Lipinski definition) is 4. The van der Waals surface area contributed by atoms with E-state index < -0.39 is 29.5 Å². The molecule has 0 bridgehead atoms. The predicted octanol–water partition coefficient (Wildman–Crippen LogP) is 3.77. The average molecular weight is 352 g/mol. The Kier molecular flexibility index (Phi) is 3.80. The summed E-state index contributed by atoms with van der Waals surface area (Å²) in [7, 11) is 0. The van der Waals surface area contributed by atoms with Gasteiger partial charge < -0.3 is 10.5 Å². The Labute approximate surface area is 118 Å². The molecule has 0 atom stereocenters. The second-order valence-electron chi connectivity index (χ2n) is 3.63. The van der Waals surface area contributed by atoms with E-state index in [1.54, 1.807) is 0 Å². The number of nitrogens with two attached hydrogens (primary N) is 1. The maximum atomic E-state index is 13.1. The Balaban J connectivity index is 2.39. The number of alkyl halides is 3. The topological polar surface area (TPSA) is 61.0 Å². The molecular formula is C11H6BrF4N3O. The monoisotopic (exact) mass is 351 g/mol. The van der Waals surface area contributed by atoms with Crippen LogP contribution in [0, 0.1) is 5.82 Å². The lowest BCUT2D eigenvalue weighted by molar-refractivity contribution is -0.145. The van der Waals surface area contributed by atoms with Crippen LogP contribution in [-0.4, -0.2) is 9.97 Å². The van der Waals surface area contributed by atoms with Crippen molar-refractivity contribution in [3.8, 4) is 11.6 Å². The molecule has 4 nitrogen and oxygen atoms in total. The van der Waals surface area contributed by atoms with Crippen LogP contribution in [0.4, 0.5) is 23.4 Å². The smallest absolute Gasteiger partial charge is 0.438 e. The van der Waals surface area contributed by atoms with Crippen molar-refractivity contribution in [2.45, 2.75) is 6.18 Å². The van der Waals surface area contributed by atoms with E-state index in [-0.39, 0.29) is 5.75 Å². The highest BCUT2D eigenvalue weighted by Gasteiger charge is 2.35. The first kappa shape index (κ1) is 14.5. The molecule has 9 heteroatoms. The minimum absolute atomic E-state index is 0.0313. The summed E-state index contributed by atoms with van der Waals surface area (Å²) in [6, 6.07) is 4.51. The lowest BCUT2D eigenvalue weighted by Gasteiger charge is -2.10. The summed E-state index contributed by atoms with van der Waals surface area (Å²) in [5.74, 6) is -2.91. The van der Waals surface area contributed by atoms with Crippen LogP contribution in [0.15, 0.2) is 28.7 Å². The van der Waals surface area contributed by atoms with E-state index in [9.17, 15) is 17.6 Å². The van der Waals surface area contributed by atoms with Crippen LogP contribution in [0.2, 0.25) is 0 Å². The van der Waals surface area contributed by atoms with Gasteiger partial charge in [-0.05, 0) is 28.1 Å². The molecule has 1 aromatic carbocycles. The van der Waals surface area contributed by atoms with Crippen molar-refractivity contribution < 1.29 is 22.3 Å². The molecule has 0 unspecified atom stereocenters. The number of nitrogen functional groups attached to an aromatic ring is 1. The molecule has 2 rings (SSSR count). The third-order valence-corrected chi connectivity index (χ3v) is 2.74. The molecule has 1 aromatic heterocycles. The summed E-state index contributed by atoms with van der Waals surface area (Å²) in [4.78, 5) is 6.25. The van der Waals surface area contributed by atoms with E-state index in [0.717, 1.165) is 18.2 Å². The number of hydrogen-bond donors (Lipinski definition) is 1. The van der Waals surface area contributed by atoms with E-state index in [0.29, 0.717) is 4.47 Å². The Morgan fingerprint density at radius 1 is 1.15 bits per heavy atom. The summed E-state index contributed by atoms with van der Waals surface area (Å²) in [5.41, 5.74) is 5.26. The molecule has 0 radical (unpaired) electrons. The highest BCUT2D eigenvalue weighted by molar-refractivity contribution is 9.10. The Morgan fingerprint density at radius 3 is 2.50 bits per heavy atom. The zero-order chi connectivity index (χ0) is 14.9. The van der Waals surface area contributed by atoms with Crippen LogP contribution in [0.25, 0.3) is 0 Å². The zero-order valence-corrected chi connectivity index (χ0v) is 11.2. The Morgan fingerprint density at radius 2 is 1.85 bits per heavy atom. The van der Waals surface area contributed by atoms with Crippen molar-refractivity contribution in [3.63, 3.8) is 0 Å². The van der Waals surface area contributed by atoms with E-state index >= 15 is 0 Å². The third-order valence-electron chi connectivity index (χ3n) is 2.08. The quantitative estimate of drug-likeness (QED) is 0.836. The molecule has 1 heterocycles. The Bertz CT molecular complexity index is 648. The second kappa shape index (κ2) is 5.23. The van der Waals surface area contributed by atoms with E-state index in [2.05, 4.69) is 25.9 Å². The van der Waals surface area contributed by atoms with Crippen LogP contribution in [0.3, 0.4) is 0 Å². The van der Waals surface area contributed by atoms with Crippen molar-refractivity contribution in [3.05, 3.63) is 40.4 Å². The van der Waals surface area contributed by atoms with Gasteiger partial charge in [-0.2, -0.15) is 18.2 Å². The largest absolute Gasteiger partial charge is 0.451 e. The lowest BCUT2D eigenvalue weighted by Crippen LogP contribution is -2.12. The van der Waals surface area contributed by atoms with Crippen molar-refractivity contribution in [2.24, 2.45) is 0 Å². The maximum absolute atomic E-state index is 13.1. The van der Waals surface area contributed by atoms with Gasteiger partial charge in [0.25, 0.3) is 0 Å². The molecule has 0 saturated carbocycles. The fraction of sp³-hybridized carbons (Fsp3) is 0.0909. The molecule has 2 N–H and O–H groups in total. The highest BCUT2D eigenvalue weighted by atomic mass is 79.9. The minimum Gasteiger partial charge on any atom is -0.438 e. The van der Waals surface area contributed by atoms with Crippen LogP contribution in [0.1, 0.15) is 5.82 Å². The maximum Gasteiger partial charge on any atom is 0.451 e. The van der Waals surface area contributed by atoms with Gasteiger partial charge in [-0.25, -0.2) is 9.37 Å². The highest BCUT2D eigenvalue weighted by Crippen LogP contribution is 2.32. The minimum atomic E-state index is -4.76. The molecular weight excluding hydrogens is 346 g/mol. The predicted molar refractivity (Wildman–Crippen MR) is 65.6 cm³/mol. The fourth-order valence-corrected chi connectivity index (χ4v) is 1.62. The number of anilines is 1. The average Bonchev–Trinajstić information content (AvgIpc) is 2.32. The van der Waals surface area contributed by atoms with Gasteiger partial charge in [0, 0.05) is 12.1 Å². The first-order chi connectivity index (χ1) is 9.25. The summed E-state index contributed by atoms with van der Waals surface area (Å²) >= 11 is 3.08. The van der Waals surface area contributed by atoms with Crippen molar-refractivity contribution in [2.75, 3.05) is 5.73 Å². The number of rotatable bonds is 2. The number of nitrogens with zero attached hydrogens (tertiary/aromatic N) is 2. The van der Waals surface area contributed by atoms with Crippen molar-refractivity contribution in [1.82, 2.24) is 9.97 Å². The third kappa shape index (κ3) is 3.35. The van der Waals surface area contributed by atoms with E-state index in [1.807, 2.05) is 0 Å². The van der Waals surface area contributed by atoms with Gasteiger partial charge in [0.15, 0.2) is 0 Å². The standard InChI is InChI=1S/C11H6BrF4N3O/c12-6-2-1-5(13)3-7(6)20-9-4-8(17)18-10(19-9)11(14,15)16/h1-4H,(H2,17,18,19). The van der Waals surface area contributed by atoms with Crippen molar-refractivity contribution in [1.29, 1.82) is 0 Å². The summed E-state index contributed by atoms with van der Waals surface area (Å²) < 4.78 is 56.1. The van der Waals surface area contributed by atoms with Gasteiger partial charge in [0.1, 0.15) is 17.4 Å². The van der Waals surface area contributed by atoms with E-state index in [1.165, 1.54) is 6.07 Å². The molecule has 0 aliphatic carbocycles. The van der Waals surface area contributed by atoms with Gasteiger partial charge in [-0.15, -0.1) is 0 Å². The molecule has 2 aromatic rings. The molecule has 0 saturated heterocycles. The second-order valence-corrected chi connectivity index (χ2v) is 4.48. The van der Waals surface area contributed by atoms with Gasteiger partial charge in [0.2, 0.25) is 11.7 Å². The van der Waals surface area contributed by atoms with Crippen LogP contribution < -0.4 is 10.5 Å². The lowest BCUT2D eigenvalue weighted by atomic mass is 10.3. The summed E-state index contributed by atoms with van der Waals surface area (Å²) in [6.07, 6.45) is -4.76. The SMILES string of the molecule is Nc1cc(Oc2cc(F)ccc2Br)nc(C(F)(F)F)n1. The number of ether oxygens (including phenoxy) is 1. The molecule has 0 aliphatic heterocycles. The van der Waals surface area contributed by atoms with Crippen LogP contribution in [0.5, 0.6) is 11.6 Å². The number of halogens is 5. The molecule has 20 heavy (non-hydrogen) atoms. The first-order valence-electron chi connectivity index (χ1n) is 5.10. The summed E-state index contributed by atoms with van der Waals surface area (Å²) in [5, 5.41) is 0. The van der Waals surface area contributed by atoms with E-state index in [4.69, 9.17) is 10.5 Å². The van der Waals surface area contributed by atoms with Crippen LogP contribution in [-0.2, 0) is 6.18 Å². The van der Waals surface area contributed by atoms with Gasteiger partial charge >= 0.3 is 6.18 Å². The zero-order valence-electron chi connectivity index (χ0n) is 9.58. The molecule has 0 spiro atoms. The fourth-order valence-electron chi connectivity index (χ4n) is 1.29. The summed E-state index contributed by atoms with van der Waals surface area (Å²) in [6.45, 7) is 0. The Hall–Kier alpha value is -1.90. The van der Waals surface area contributed by atoms with Gasteiger partial charge in [0.05, 0.1) is 4.47 Å². The van der Waals surface area contributed by atoms with Gasteiger partial charge in [-0.3, -0.25) is 0 Å². The molecule has 106 valence electrons. The van der Waals surface area contributed by atoms with Gasteiger partial charge in [-0.1, -0.05) is 0 Å². The first-order valence-corrected chi connectivity index (χ1v) is 5.89. The molecule has 0 amide bonds. The normalized spacial score (nSPS) is 11.4. The van der Waals surface area contributed by atoms with Crippen molar-refractivity contribution >= 4 is 21.7 Å². The molecule has 0 aliphatic rings.